The number of aryl methyl sites for hydroxylation is 1. The van der Waals surface area contributed by atoms with Gasteiger partial charge in [-0.2, -0.15) is 0 Å². The van der Waals surface area contributed by atoms with Crippen molar-refractivity contribution < 1.29 is 14.4 Å². The first-order valence-electron chi connectivity index (χ1n) is 12.2. The minimum absolute atomic E-state index is 0.00309. The summed E-state index contributed by atoms with van der Waals surface area (Å²) in [5.41, 5.74) is 2.50. The zero-order chi connectivity index (χ0) is 22.7. The van der Waals surface area contributed by atoms with E-state index in [1.165, 1.54) is 11.1 Å². The smallest absolute Gasteiger partial charge is 0.246 e. The van der Waals surface area contributed by atoms with Crippen molar-refractivity contribution in [3.05, 3.63) is 35.4 Å². The Morgan fingerprint density at radius 2 is 1.72 bits per heavy atom. The molecule has 4 rings (SSSR count). The zero-order valence-corrected chi connectivity index (χ0v) is 19.2. The molecule has 3 amide bonds. The molecule has 3 N–H and O–H groups in total. The van der Waals surface area contributed by atoms with Gasteiger partial charge in [-0.3, -0.25) is 14.4 Å². The van der Waals surface area contributed by atoms with E-state index in [2.05, 4.69) is 28.1 Å². The molecule has 1 unspecified atom stereocenters. The second kappa shape index (κ2) is 10.0. The molecule has 2 fully saturated rings. The van der Waals surface area contributed by atoms with Gasteiger partial charge in [0.1, 0.15) is 12.1 Å². The number of hydrogen-bond acceptors (Lipinski definition) is 4. The molecule has 1 aromatic rings. The molecule has 5 atom stereocenters. The molecule has 2 saturated heterocycles. The average molecular weight is 441 g/mol. The van der Waals surface area contributed by atoms with Crippen molar-refractivity contribution in [1.82, 2.24) is 20.9 Å². The summed E-state index contributed by atoms with van der Waals surface area (Å²) >= 11 is 0. The molecule has 0 spiro atoms. The highest BCUT2D eigenvalue weighted by atomic mass is 16.2. The highest BCUT2D eigenvalue weighted by molar-refractivity contribution is 5.93. The SMILES string of the molecule is CN[C@@H](C)C(=O)N[C@H]1CCCC[C@H]2CC[C@@H](C(=O)NC3CCCc4ccccc43)N2C1=O. The molecule has 7 heteroatoms. The van der Waals surface area contributed by atoms with E-state index >= 15 is 0 Å². The molecule has 3 aliphatic rings. The summed E-state index contributed by atoms with van der Waals surface area (Å²) in [5, 5.41) is 9.11. The first-order valence-corrected chi connectivity index (χ1v) is 12.2. The second-order valence-electron chi connectivity index (χ2n) is 9.50. The van der Waals surface area contributed by atoms with E-state index in [-0.39, 0.29) is 35.8 Å². The van der Waals surface area contributed by atoms with Gasteiger partial charge in [-0.25, -0.2) is 0 Å². The van der Waals surface area contributed by atoms with E-state index in [9.17, 15) is 14.4 Å². The van der Waals surface area contributed by atoms with Crippen LogP contribution in [-0.4, -0.2) is 53.8 Å². The third kappa shape index (κ3) is 4.68. The lowest BCUT2D eigenvalue weighted by atomic mass is 9.87. The van der Waals surface area contributed by atoms with E-state index in [4.69, 9.17) is 0 Å². The summed E-state index contributed by atoms with van der Waals surface area (Å²) in [4.78, 5) is 41.2. The summed E-state index contributed by atoms with van der Waals surface area (Å²) < 4.78 is 0. The van der Waals surface area contributed by atoms with Crippen molar-refractivity contribution in [1.29, 1.82) is 0 Å². The minimum atomic E-state index is -0.565. The topological polar surface area (TPSA) is 90.5 Å². The number of hydrogen-bond donors (Lipinski definition) is 3. The van der Waals surface area contributed by atoms with E-state index in [1.54, 1.807) is 18.9 Å². The quantitative estimate of drug-likeness (QED) is 0.655. The van der Waals surface area contributed by atoms with Crippen LogP contribution in [0.4, 0.5) is 0 Å². The zero-order valence-electron chi connectivity index (χ0n) is 19.2. The predicted molar refractivity (Wildman–Crippen MR) is 123 cm³/mol. The Morgan fingerprint density at radius 3 is 2.53 bits per heavy atom. The molecule has 32 heavy (non-hydrogen) atoms. The van der Waals surface area contributed by atoms with Crippen LogP contribution in [0, 0.1) is 0 Å². The van der Waals surface area contributed by atoms with Crippen LogP contribution in [0.1, 0.15) is 75.5 Å². The van der Waals surface area contributed by atoms with Crippen LogP contribution in [0.2, 0.25) is 0 Å². The first kappa shape index (κ1) is 22.8. The standard InChI is InChI=1S/C25H36N4O3/c1-16(26-2)23(30)28-21-12-6-4-10-18-14-15-22(29(18)25(21)32)24(31)27-20-13-7-9-17-8-3-5-11-19(17)20/h3,5,8,11,16,18,20-22,26H,4,6-7,9-10,12-15H2,1-2H3,(H,27,31)(H,28,30)/t16-,18-,20?,21-,22-/m0/s1. The van der Waals surface area contributed by atoms with Gasteiger partial charge in [0.05, 0.1) is 12.1 Å². The van der Waals surface area contributed by atoms with Gasteiger partial charge in [-0.1, -0.05) is 37.1 Å². The van der Waals surface area contributed by atoms with Crippen LogP contribution in [0.5, 0.6) is 0 Å². The van der Waals surface area contributed by atoms with Gasteiger partial charge in [-0.15, -0.1) is 0 Å². The normalized spacial score (nSPS) is 28.7. The molecule has 2 aliphatic heterocycles. The Bertz CT molecular complexity index is 857. The van der Waals surface area contributed by atoms with Crippen LogP contribution < -0.4 is 16.0 Å². The van der Waals surface area contributed by atoms with Gasteiger partial charge in [0.15, 0.2) is 0 Å². The molecule has 0 saturated carbocycles. The number of carbonyl (C=O) groups excluding carboxylic acids is 3. The largest absolute Gasteiger partial charge is 0.347 e. The van der Waals surface area contributed by atoms with Crippen molar-refractivity contribution in [3.63, 3.8) is 0 Å². The predicted octanol–water partition coefficient (Wildman–Crippen LogP) is 2.21. The third-order valence-electron chi connectivity index (χ3n) is 7.47. The van der Waals surface area contributed by atoms with Crippen LogP contribution in [-0.2, 0) is 20.8 Å². The Labute approximate surface area is 190 Å². The Morgan fingerprint density at radius 1 is 0.969 bits per heavy atom. The molecule has 0 bridgehead atoms. The molecule has 2 heterocycles. The first-order chi connectivity index (χ1) is 15.5. The average Bonchev–Trinajstić information content (AvgIpc) is 3.22. The lowest BCUT2D eigenvalue weighted by molar-refractivity contribution is -0.144. The number of amides is 3. The molecule has 7 nitrogen and oxygen atoms in total. The maximum atomic E-state index is 13.5. The van der Waals surface area contributed by atoms with Gasteiger partial charge in [0.25, 0.3) is 0 Å². The fourth-order valence-corrected chi connectivity index (χ4v) is 5.52. The summed E-state index contributed by atoms with van der Waals surface area (Å²) in [7, 11) is 1.73. The van der Waals surface area contributed by atoms with Crippen LogP contribution in [0.15, 0.2) is 24.3 Å². The number of likely N-dealkylation sites (N-methyl/N-ethyl adjacent to an activating group) is 1. The van der Waals surface area contributed by atoms with Crippen molar-refractivity contribution in [2.75, 3.05) is 7.05 Å². The molecule has 0 aromatic heterocycles. The maximum Gasteiger partial charge on any atom is 0.246 e. The van der Waals surface area contributed by atoms with Crippen molar-refractivity contribution in [3.8, 4) is 0 Å². The van der Waals surface area contributed by atoms with Crippen LogP contribution in [0.25, 0.3) is 0 Å². The minimum Gasteiger partial charge on any atom is -0.347 e. The lowest BCUT2D eigenvalue weighted by Crippen LogP contribution is -2.58. The van der Waals surface area contributed by atoms with Crippen molar-refractivity contribution >= 4 is 17.7 Å². The van der Waals surface area contributed by atoms with E-state index in [0.29, 0.717) is 12.8 Å². The molecule has 1 aromatic carbocycles. The number of nitrogens with zero attached hydrogens (tertiary/aromatic N) is 1. The van der Waals surface area contributed by atoms with E-state index < -0.39 is 12.1 Å². The molecule has 0 radical (unpaired) electrons. The highest BCUT2D eigenvalue weighted by Gasteiger charge is 2.44. The summed E-state index contributed by atoms with van der Waals surface area (Å²) in [6, 6.07) is 7.01. The Balaban J connectivity index is 1.49. The van der Waals surface area contributed by atoms with E-state index in [1.807, 2.05) is 12.1 Å². The third-order valence-corrected chi connectivity index (χ3v) is 7.47. The summed E-state index contributed by atoms with van der Waals surface area (Å²) in [5.74, 6) is -0.341. The molecule has 174 valence electrons. The number of rotatable bonds is 5. The number of fused-ring (bicyclic) bond motifs is 2. The lowest BCUT2D eigenvalue weighted by Gasteiger charge is -2.36. The molecular weight excluding hydrogens is 404 g/mol. The van der Waals surface area contributed by atoms with Crippen molar-refractivity contribution in [2.45, 2.75) is 94.9 Å². The van der Waals surface area contributed by atoms with Gasteiger partial charge < -0.3 is 20.9 Å². The molecule has 1 aliphatic carbocycles. The fourth-order valence-electron chi connectivity index (χ4n) is 5.52. The van der Waals surface area contributed by atoms with Crippen LogP contribution >= 0.6 is 0 Å². The number of benzene rings is 1. The number of nitrogens with one attached hydrogen (secondary N) is 3. The Hall–Kier alpha value is -2.41. The van der Waals surface area contributed by atoms with Crippen LogP contribution in [0.3, 0.4) is 0 Å². The highest BCUT2D eigenvalue weighted by Crippen LogP contribution is 2.33. The summed E-state index contributed by atoms with van der Waals surface area (Å²) in [6.07, 6.45) is 8.01. The van der Waals surface area contributed by atoms with Gasteiger partial charge in [0, 0.05) is 6.04 Å². The fraction of sp³-hybridized carbons (Fsp3) is 0.640. The van der Waals surface area contributed by atoms with Crippen molar-refractivity contribution in [2.24, 2.45) is 0 Å². The maximum absolute atomic E-state index is 13.5. The van der Waals surface area contributed by atoms with Gasteiger partial charge in [0.2, 0.25) is 17.7 Å². The monoisotopic (exact) mass is 440 g/mol. The van der Waals surface area contributed by atoms with Gasteiger partial charge in [-0.05, 0) is 70.0 Å². The van der Waals surface area contributed by atoms with Gasteiger partial charge >= 0.3 is 0 Å². The second-order valence-corrected chi connectivity index (χ2v) is 9.50. The van der Waals surface area contributed by atoms with E-state index in [0.717, 1.165) is 44.9 Å². The Kier molecular flexibility index (Phi) is 7.13. The number of carbonyl (C=O) groups is 3. The summed E-state index contributed by atoms with van der Waals surface area (Å²) in [6.45, 7) is 1.78. The molecular formula is C25H36N4O3.